The minimum atomic E-state index is -0.449. The van der Waals surface area contributed by atoms with Crippen LogP contribution >= 0.6 is 0 Å². The van der Waals surface area contributed by atoms with Gasteiger partial charge in [0.25, 0.3) is 0 Å². The topological polar surface area (TPSA) is 26.3 Å². The van der Waals surface area contributed by atoms with Crippen LogP contribution in [0.5, 0.6) is 0 Å². The number of rotatable bonds is 2. The largest absolute Gasteiger partial charge is 0.456 e. The van der Waals surface area contributed by atoms with Crippen LogP contribution in [0.3, 0.4) is 0 Å². The molecular weight excluding hydrogens is 224 g/mol. The van der Waals surface area contributed by atoms with Crippen LogP contribution in [0, 0.1) is 0 Å². The molecule has 0 radical (unpaired) electrons. The van der Waals surface area contributed by atoms with Gasteiger partial charge in [-0.25, -0.2) is 4.79 Å². The monoisotopic (exact) mass is 244 g/mol. The van der Waals surface area contributed by atoms with E-state index in [1.807, 2.05) is 45.0 Å². The molecule has 18 heavy (non-hydrogen) atoms. The summed E-state index contributed by atoms with van der Waals surface area (Å²) in [6.07, 6.45) is 6.53. The molecule has 0 heterocycles. The average molecular weight is 244 g/mol. The van der Waals surface area contributed by atoms with Gasteiger partial charge in [0.1, 0.15) is 5.60 Å². The maximum atomic E-state index is 12.2. The summed E-state index contributed by atoms with van der Waals surface area (Å²) in [6, 6.07) is 7.76. The van der Waals surface area contributed by atoms with Gasteiger partial charge in [-0.15, -0.1) is 0 Å². The molecule has 0 saturated carbocycles. The second-order valence-electron chi connectivity index (χ2n) is 5.70. The van der Waals surface area contributed by atoms with Crippen molar-refractivity contribution in [3.05, 3.63) is 47.5 Å². The van der Waals surface area contributed by atoms with Gasteiger partial charge in [0.05, 0.1) is 5.56 Å². The third kappa shape index (κ3) is 3.00. The Labute approximate surface area is 109 Å². The average Bonchev–Trinajstić information content (AvgIpc) is 2.80. The zero-order valence-corrected chi connectivity index (χ0v) is 11.3. The molecular formula is C16H20O2. The van der Waals surface area contributed by atoms with E-state index in [0.717, 1.165) is 18.4 Å². The normalized spacial score (nSPS) is 18.9. The Kier molecular flexibility index (Phi) is 3.55. The first-order chi connectivity index (χ1) is 8.47. The van der Waals surface area contributed by atoms with Crippen molar-refractivity contribution in [2.45, 2.75) is 45.1 Å². The molecule has 1 aromatic carbocycles. The predicted octanol–water partition coefficient (Wildman–Crippen LogP) is 4.08. The Bertz CT molecular complexity index is 466. The van der Waals surface area contributed by atoms with Gasteiger partial charge in [0.15, 0.2) is 0 Å². The van der Waals surface area contributed by atoms with E-state index >= 15 is 0 Å². The number of ether oxygens (including phenoxy) is 1. The van der Waals surface area contributed by atoms with Crippen molar-refractivity contribution < 1.29 is 9.53 Å². The fourth-order valence-corrected chi connectivity index (χ4v) is 2.23. The van der Waals surface area contributed by atoms with E-state index in [0.29, 0.717) is 11.5 Å². The van der Waals surface area contributed by atoms with Gasteiger partial charge in [-0.1, -0.05) is 30.4 Å². The van der Waals surface area contributed by atoms with Crippen LogP contribution in [0.25, 0.3) is 0 Å². The fraction of sp³-hybridized carbons (Fsp3) is 0.438. The highest BCUT2D eigenvalue weighted by Crippen LogP contribution is 2.31. The molecule has 1 unspecified atom stereocenters. The summed E-state index contributed by atoms with van der Waals surface area (Å²) in [5.41, 5.74) is 1.33. The second-order valence-corrected chi connectivity index (χ2v) is 5.70. The molecule has 0 amide bonds. The Balaban J connectivity index is 2.27. The SMILES string of the molecule is CC(C)(C)OC(=O)c1ccccc1C1C=CCC1. The van der Waals surface area contributed by atoms with E-state index < -0.39 is 5.60 Å². The lowest BCUT2D eigenvalue weighted by Gasteiger charge is -2.21. The first kappa shape index (κ1) is 12.9. The van der Waals surface area contributed by atoms with Crippen molar-refractivity contribution >= 4 is 5.97 Å². The first-order valence-corrected chi connectivity index (χ1v) is 6.46. The van der Waals surface area contributed by atoms with Gasteiger partial charge in [-0.2, -0.15) is 0 Å². The molecule has 2 rings (SSSR count). The van der Waals surface area contributed by atoms with Gasteiger partial charge in [0.2, 0.25) is 0 Å². The molecule has 96 valence electrons. The van der Waals surface area contributed by atoms with Crippen LogP contribution in [-0.4, -0.2) is 11.6 Å². The number of allylic oxidation sites excluding steroid dienone is 2. The molecule has 1 aliphatic rings. The van der Waals surface area contributed by atoms with E-state index in [-0.39, 0.29) is 5.97 Å². The van der Waals surface area contributed by atoms with Crippen molar-refractivity contribution in [1.29, 1.82) is 0 Å². The van der Waals surface area contributed by atoms with E-state index in [1.54, 1.807) is 0 Å². The van der Waals surface area contributed by atoms with E-state index in [2.05, 4.69) is 12.2 Å². The van der Waals surface area contributed by atoms with Gasteiger partial charge in [-0.3, -0.25) is 0 Å². The number of benzene rings is 1. The highest BCUT2D eigenvalue weighted by molar-refractivity contribution is 5.91. The maximum Gasteiger partial charge on any atom is 0.338 e. The third-order valence-electron chi connectivity index (χ3n) is 2.99. The Morgan fingerprint density at radius 3 is 2.61 bits per heavy atom. The molecule has 1 atom stereocenters. The van der Waals surface area contributed by atoms with Crippen molar-refractivity contribution in [1.82, 2.24) is 0 Å². The summed E-state index contributed by atoms with van der Waals surface area (Å²) in [6.45, 7) is 5.68. The number of carbonyl (C=O) groups excluding carboxylic acids is 1. The summed E-state index contributed by atoms with van der Waals surface area (Å²) in [5, 5.41) is 0. The van der Waals surface area contributed by atoms with Crippen LogP contribution in [0.4, 0.5) is 0 Å². The lowest BCUT2D eigenvalue weighted by molar-refractivity contribution is 0.00681. The van der Waals surface area contributed by atoms with Gasteiger partial charge in [-0.05, 0) is 45.2 Å². The van der Waals surface area contributed by atoms with E-state index in [4.69, 9.17) is 4.74 Å². The maximum absolute atomic E-state index is 12.2. The van der Waals surface area contributed by atoms with Gasteiger partial charge in [0, 0.05) is 5.92 Å². The highest BCUT2D eigenvalue weighted by atomic mass is 16.6. The lowest BCUT2D eigenvalue weighted by atomic mass is 9.93. The van der Waals surface area contributed by atoms with Crippen LogP contribution in [-0.2, 0) is 4.74 Å². The van der Waals surface area contributed by atoms with Crippen molar-refractivity contribution in [2.24, 2.45) is 0 Å². The first-order valence-electron chi connectivity index (χ1n) is 6.46. The summed E-state index contributed by atoms with van der Waals surface area (Å²) >= 11 is 0. The van der Waals surface area contributed by atoms with Crippen molar-refractivity contribution in [3.8, 4) is 0 Å². The standard InChI is InChI=1S/C16H20O2/c1-16(2,3)18-15(17)14-11-7-6-10-13(14)12-8-4-5-9-12/h4,6-8,10-12H,5,9H2,1-3H3. The van der Waals surface area contributed by atoms with E-state index in [9.17, 15) is 4.79 Å². The molecule has 0 aromatic heterocycles. The summed E-state index contributed by atoms with van der Waals surface area (Å²) in [4.78, 5) is 12.2. The molecule has 0 saturated heterocycles. The summed E-state index contributed by atoms with van der Waals surface area (Å²) in [7, 11) is 0. The quantitative estimate of drug-likeness (QED) is 0.579. The highest BCUT2D eigenvalue weighted by Gasteiger charge is 2.23. The molecule has 0 N–H and O–H groups in total. The van der Waals surface area contributed by atoms with Crippen LogP contribution in [0.2, 0.25) is 0 Å². The minimum absolute atomic E-state index is 0.224. The van der Waals surface area contributed by atoms with Crippen molar-refractivity contribution in [3.63, 3.8) is 0 Å². The lowest BCUT2D eigenvalue weighted by Crippen LogP contribution is -2.24. The third-order valence-corrected chi connectivity index (χ3v) is 2.99. The smallest absolute Gasteiger partial charge is 0.338 e. The number of carbonyl (C=O) groups is 1. The fourth-order valence-electron chi connectivity index (χ4n) is 2.23. The Hall–Kier alpha value is -1.57. The Morgan fingerprint density at radius 1 is 1.28 bits per heavy atom. The number of esters is 1. The number of hydrogen-bond donors (Lipinski definition) is 0. The van der Waals surface area contributed by atoms with Crippen LogP contribution in [0.1, 0.15) is 55.5 Å². The number of hydrogen-bond acceptors (Lipinski definition) is 2. The molecule has 0 spiro atoms. The molecule has 2 nitrogen and oxygen atoms in total. The second kappa shape index (κ2) is 4.97. The molecule has 0 fully saturated rings. The summed E-state index contributed by atoms with van der Waals surface area (Å²) < 4.78 is 5.46. The van der Waals surface area contributed by atoms with E-state index in [1.165, 1.54) is 0 Å². The summed E-state index contributed by atoms with van der Waals surface area (Å²) in [5.74, 6) is 0.132. The molecule has 1 aromatic rings. The molecule has 0 bridgehead atoms. The zero-order chi connectivity index (χ0) is 13.2. The minimum Gasteiger partial charge on any atom is -0.456 e. The zero-order valence-electron chi connectivity index (χ0n) is 11.3. The predicted molar refractivity (Wildman–Crippen MR) is 72.7 cm³/mol. The van der Waals surface area contributed by atoms with Gasteiger partial charge < -0.3 is 4.74 Å². The Morgan fingerprint density at radius 2 is 2.00 bits per heavy atom. The van der Waals surface area contributed by atoms with Gasteiger partial charge >= 0.3 is 5.97 Å². The molecule has 0 aliphatic heterocycles. The molecule has 1 aliphatic carbocycles. The van der Waals surface area contributed by atoms with Crippen LogP contribution in [0.15, 0.2) is 36.4 Å². The van der Waals surface area contributed by atoms with Crippen molar-refractivity contribution in [2.75, 3.05) is 0 Å². The van der Waals surface area contributed by atoms with Crippen LogP contribution < -0.4 is 0 Å². The molecule has 2 heteroatoms.